The van der Waals surface area contributed by atoms with E-state index in [4.69, 9.17) is 0 Å². The average Bonchev–Trinajstić information content (AvgIpc) is 2.88. The average molecular weight is 275 g/mol. The fourth-order valence-corrected chi connectivity index (χ4v) is 3.49. The number of anilines is 1. The molecular weight excluding hydrogens is 254 g/mol. The summed E-state index contributed by atoms with van der Waals surface area (Å²) in [6.45, 7) is 4.22. The van der Waals surface area contributed by atoms with Crippen molar-refractivity contribution in [1.29, 1.82) is 0 Å². The number of nitrogens with one attached hydrogen (secondary N) is 1. The minimum Gasteiger partial charge on any atom is -0.377 e. The van der Waals surface area contributed by atoms with Gasteiger partial charge in [0.15, 0.2) is 0 Å². The summed E-state index contributed by atoms with van der Waals surface area (Å²) < 4.78 is 0. The van der Waals surface area contributed by atoms with Crippen molar-refractivity contribution in [2.45, 2.75) is 44.7 Å². The van der Waals surface area contributed by atoms with E-state index in [-0.39, 0.29) is 10.6 Å². The first-order valence-electron chi connectivity index (χ1n) is 7.39. The lowest BCUT2D eigenvalue weighted by Crippen LogP contribution is -2.42. The first kappa shape index (κ1) is 13.4. The van der Waals surface area contributed by atoms with Gasteiger partial charge in [-0.05, 0) is 50.8 Å². The van der Waals surface area contributed by atoms with Crippen molar-refractivity contribution in [3.8, 4) is 0 Å². The van der Waals surface area contributed by atoms with Crippen molar-refractivity contribution in [2.24, 2.45) is 0 Å². The molecule has 0 aliphatic carbocycles. The van der Waals surface area contributed by atoms with Crippen LogP contribution < -0.4 is 5.32 Å². The predicted molar refractivity (Wildman–Crippen MR) is 79.1 cm³/mol. The zero-order chi connectivity index (χ0) is 14.1. The van der Waals surface area contributed by atoms with E-state index in [1.54, 1.807) is 6.07 Å². The number of nitro groups is 1. The molecule has 2 atom stereocenters. The van der Waals surface area contributed by atoms with Crippen molar-refractivity contribution in [3.05, 3.63) is 33.9 Å². The van der Waals surface area contributed by atoms with E-state index in [9.17, 15) is 10.1 Å². The maximum Gasteiger partial charge on any atom is 0.292 e. The Bertz CT molecular complexity index is 518. The molecule has 0 radical (unpaired) electrons. The smallest absolute Gasteiger partial charge is 0.292 e. The molecule has 2 aliphatic heterocycles. The molecule has 3 rings (SSSR count). The molecule has 0 aromatic heterocycles. The SMILES string of the molecule is Cc1ccc(NC2CCN3CCCC3C2)c([N+](=O)[O-])c1. The summed E-state index contributed by atoms with van der Waals surface area (Å²) in [4.78, 5) is 13.4. The number of fused-ring (bicyclic) bond motifs is 1. The molecule has 2 saturated heterocycles. The molecule has 0 saturated carbocycles. The van der Waals surface area contributed by atoms with E-state index in [1.807, 2.05) is 19.1 Å². The van der Waals surface area contributed by atoms with E-state index in [2.05, 4.69) is 10.2 Å². The zero-order valence-corrected chi connectivity index (χ0v) is 11.8. The van der Waals surface area contributed by atoms with Crippen LogP contribution >= 0.6 is 0 Å². The third kappa shape index (κ3) is 2.63. The van der Waals surface area contributed by atoms with Crippen LogP contribution in [-0.4, -0.2) is 35.0 Å². The van der Waals surface area contributed by atoms with E-state index in [0.29, 0.717) is 17.8 Å². The number of piperidine rings is 1. The molecule has 2 heterocycles. The summed E-state index contributed by atoms with van der Waals surface area (Å²) >= 11 is 0. The Kier molecular flexibility index (Phi) is 3.61. The van der Waals surface area contributed by atoms with Crippen LogP contribution in [0.5, 0.6) is 0 Å². The molecule has 1 N–H and O–H groups in total. The third-order valence-electron chi connectivity index (χ3n) is 4.53. The van der Waals surface area contributed by atoms with Crippen molar-refractivity contribution in [1.82, 2.24) is 4.90 Å². The first-order valence-corrected chi connectivity index (χ1v) is 7.39. The summed E-state index contributed by atoms with van der Waals surface area (Å²) in [5, 5.41) is 14.6. The summed E-state index contributed by atoms with van der Waals surface area (Å²) in [5.41, 5.74) is 1.78. The lowest BCUT2D eigenvalue weighted by molar-refractivity contribution is -0.384. The highest BCUT2D eigenvalue weighted by molar-refractivity contribution is 5.63. The van der Waals surface area contributed by atoms with Gasteiger partial charge in [0.1, 0.15) is 5.69 Å². The highest BCUT2D eigenvalue weighted by atomic mass is 16.6. The summed E-state index contributed by atoms with van der Waals surface area (Å²) in [6.07, 6.45) is 4.74. The topological polar surface area (TPSA) is 58.4 Å². The Hall–Kier alpha value is -1.62. The molecule has 5 heteroatoms. The van der Waals surface area contributed by atoms with E-state index < -0.39 is 0 Å². The van der Waals surface area contributed by atoms with Gasteiger partial charge in [0.05, 0.1) is 4.92 Å². The van der Waals surface area contributed by atoms with Crippen LogP contribution in [0.25, 0.3) is 0 Å². The van der Waals surface area contributed by atoms with Crippen LogP contribution in [0.3, 0.4) is 0 Å². The van der Waals surface area contributed by atoms with E-state index in [0.717, 1.165) is 24.9 Å². The molecule has 0 amide bonds. The van der Waals surface area contributed by atoms with Crippen molar-refractivity contribution in [3.63, 3.8) is 0 Å². The van der Waals surface area contributed by atoms with Crippen molar-refractivity contribution < 1.29 is 4.92 Å². The maximum atomic E-state index is 11.2. The second kappa shape index (κ2) is 5.40. The Morgan fingerprint density at radius 2 is 2.20 bits per heavy atom. The van der Waals surface area contributed by atoms with Gasteiger partial charge in [-0.3, -0.25) is 10.1 Å². The minimum atomic E-state index is -0.292. The number of nitrogens with zero attached hydrogens (tertiary/aromatic N) is 2. The van der Waals surface area contributed by atoms with Crippen LogP contribution in [-0.2, 0) is 0 Å². The highest BCUT2D eigenvalue weighted by Gasteiger charge is 2.32. The number of benzene rings is 1. The second-order valence-corrected chi connectivity index (χ2v) is 5.98. The van der Waals surface area contributed by atoms with Crippen molar-refractivity contribution in [2.75, 3.05) is 18.4 Å². The molecular formula is C15H21N3O2. The molecule has 1 aromatic carbocycles. The molecule has 0 bridgehead atoms. The van der Waals surface area contributed by atoms with Gasteiger partial charge in [-0.25, -0.2) is 0 Å². The minimum absolute atomic E-state index is 0.193. The monoisotopic (exact) mass is 275 g/mol. The van der Waals surface area contributed by atoms with Gasteiger partial charge in [0.2, 0.25) is 0 Å². The number of hydrogen-bond acceptors (Lipinski definition) is 4. The summed E-state index contributed by atoms with van der Waals surface area (Å²) in [6, 6.07) is 6.45. The van der Waals surface area contributed by atoms with Gasteiger partial charge in [-0.2, -0.15) is 0 Å². The third-order valence-corrected chi connectivity index (χ3v) is 4.53. The fourth-order valence-electron chi connectivity index (χ4n) is 3.49. The molecule has 2 unspecified atom stereocenters. The van der Waals surface area contributed by atoms with E-state index in [1.165, 1.54) is 19.4 Å². The Morgan fingerprint density at radius 1 is 1.35 bits per heavy atom. The van der Waals surface area contributed by atoms with Gasteiger partial charge >= 0.3 is 0 Å². The van der Waals surface area contributed by atoms with Crippen molar-refractivity contribution >= 4 is 11.4 Å². The van der Waals surface area contributed by atoms with Gasteiger partial charge < -0.3 is 10.2 Å². The highest BCUT2D eigenvalue weighted by Crippen LogP contribution is 2.31. The number of hydrogen-bond donors (Lipinski definition) is 1. The number of nitro benzene ring substituents is 1. The largest absolute Gasteiger partial charge is 0.377 e. The normalized spacial score (nSPS) is 26.2. The first-order chi connectivity index (χ1) is 9.63. The summed E-state index contributed by atoms with van der Waals surface area (Å²) in [5.74, 6) is 0. The lowest BCUT2D eigenvalue weighted by atomic mass is 9.97. The molecule has 5 nitrogen and oxygen atoms in total. The molecule has 2 aliphatic rings. The van der Waals surface area contributed by atoms with Crippen LogP contribution in [0.4, 0.5) is 11.4 Å². The second-order valence-electron chi connectivity index (χ2n) is 5.98. The fraction of sp³-hybridized carbons (Fsp3) is 0.600. The molecule has 20 heavy (non-hydrogen) atoms. The van der Waals surface area contributed by atoms with Gasteiger partial charge in [-0.15, -0.1) is 0 Å². The summed E-state index contributed by atoms with van der Waals surface area (Å²) in [7, 11) is 0. The molecule has 1 aromatic rings. The lowest BCUT2D eigenvalue weighted by Gasteiger charge is -2.35. The number of aryl methyl sites for hydroxylation is 1. The zero-order valence-electron chi connectivity index (χ0n) is 11.8. The Balaban J connectivity index is 1.73. The van der Waals surface area contributed by atoms with Crippen LogP contribution in [0, 0.1) is 17.0 Å². The Morgan fingerprint density at radius 3 is 3.00 bits per heavy atom. The Labute approximate surface area is 119 Å². The van der Waals surface area contributed by atoms with Gasteiger partial charge in [0, 0.05) is 24.7 Å². The molecule has 108 valence electrons. The maximum absolute atomic E-state index is 11.2. The van der Waals surface area contributed by atoms with Gasteiger partial charge in [0.25, 0.3) is 5.69 Å². The van der Waals surface area contributed by atoms with Crippen LogP contribution in [0.2, 0.25) is 0 Å². The van der Waals surface area contributed by atoms with Crippen LogP contribution in [0.15, 0.2) is 18.2 Å². The molecule has 2 fully saturated rings. The predicted octanol–water partition coefficient (Wildman–Crippen LogP) is 2.94. The van der Waals surface area contributed by atoms with Gasteiger partial charge in [-0.1, -0.05) is 6.07 Å². The van der Waals surface area contributed by atoms with Crippen LogP contribution in [0.1, 0.15) is 31.2 Å². The van der Waals surface area contributed by atoms with E-state index >= 15 is 0 Å². The number of rotatable bonds is 3. The standard InChI is InChI=1S/C15H21N3O2/c1-11-4-5-14(15(9-11)18(19)20)16-12-6-8-17-7-2-3-13(17)10-12/h4-5,9,12-13,16H,2-3,6-8,10H2,1H3. The molecule has 0 spiro atoms. The quantitative estimate of drug-likeness (QED) is 0.680.